The van der Waals surface area contributed by atoms with E-state index in [4.69, 9.17) is 18.0 Å². The Morgan fingerprint density at radius 1 is 1.21 bits per heavy atom. The van der Waals surface area contributed by atoms with E-state index in [1.807, 2.05) is 30.3 Å². The van der Waals surface area contributed by atoms with Crippen LogP contribution in [-0.2, 0) is 0 Å². The lowest BCUT2D eigenvalue weighted by molar-refractivity contribution is 1.43. The fourth-order valence-corrected chi connectivity index (χ4v) is 3.02. The van der Waals surface area contributed by atoms with E-state index in [0.717, 1.165) is 21.4 Å². The summed E-state index contributed by atoms with van der Waals surface area (Å²) in [6, 6.07) is 14.1. The Balaban J connectivity index is 2.23. The molecule has 0 spiro atoms. The Morgan fingerprint density at radius 3 is 2.58 bits per heavy atom. The zero-order valence-corrected chi connectivity index (χ0v) is 13.5. The number of nitrogens with two attached hydrogens (primary N) is 1. The van der Waals surface area contributed by atoms with Crippen molar-refractivity contribution in [1.29, 1.82) is 0 Å². The molecule has 98 valence electrons. The maximum absolute atomic E-state index is 5.63. The smallest absolute Gasteiger partial charge is 0.105 e. The van der Waals surface area contributed by atoms with E-state index >= 15 is 0 Å². The quantitative estimate of drug-likeness (QED) is 0.625. The highest BCUT2D eigenvalue weighted by atomic mass is 79.9. The molecule has 2 aromatic rings. The highest BCUT2D eigenvalue weighted by Gasteiger charge is 2.04. The molecule has 0 amide bonds. The summed E-state index contributed by atoms with van der Waals surface area (Å²) in [4.78, 5) is 1.62. The van der Waals surface area contributed by atoms with Gasteiger partial charge in [0.25, 0.3) is 0 Å². The SMILES string of the molecule is CSc1cccc(Nc2ccc(C(N)=S)c(Br)c2)c1. The number of hydrogen-bond donors (Lipinski definition) is 2. The minimum Gasteiger partial charge on any atom is -0.389 e. The zero-order chi connectivity index (χ0) is 13.8. The molecule has 0 unspecified atom stereocenters. The summed E-state index contributed by atoms with van der Waals surface area (Å²) in [6.45, 7) is 0. The monoisotopic (exact) mass is 352 g/mol. The van der Waals surface area contributed by atoms with Gasteiger partial charge in [0.1, 0.15) is 4.99 Å². The number of benzene rings is 2. The van der Waals surface area contributed by atoms with Crippen molar-refractivity contribution in [2.75, 3.05) is 11.6 Å². The third-order valence-electron chi connectivity index (χ3n) is 2.59. The van der Waals surface area contributed by atoms with Gasteiger partial charge in [-0.2, -0.15) is 0 Å². The molecule has 0 aliphatic carbocycles. The molecule has 0 aliphatic rings. The normalized spacial score (nSPS) is 10.2. The number of rotatable bonds is 4. The van der Waals surface area contributed by atoms with Crippen LogP contribution in [0.3, 0.4) is 0 Å². The van der Waals surface area contributed by atoms with Crippen molar-refractivity contribution >= 4 is 56.3 Å². The molecule has 0 heterocycles. The summed E-state index contributed by atoms with van der Waals surface area (Å²) in [5.41, 5.74) is 8.53. The number of hydrogen-bond acceptors (Lipinski definition) is 3. The largest absolute Gasteiger partial charge is 0.389 e. The van der Waals surface area contributed by atoms with Crippen molar-refractivity contribution in [3.63, 3.8) is 0 Å². The predicted molar refractivity (Wildman–Crippen MR) is 91.5 cm³/mol. The molecule has 0 saturated carbocycles. The summed E-state index contributed by atoms with van der Waals surface area (Å²) in [6.07, 6.45) is 2.06. The van der Waals surface area contributed by atoms with Crippen molar-refractivity contribution in [3.8, 4) is 0 Å². The molecule has 3 N–H and O–H groups in total. The second-order valence-corrected chi connectivity index (χ2v) is 6.09. The van der Waals surface area contributed by atoms with Crippen LogP contribution in [0, 0.1) is 0 Å². The van der Waals surface area contributed by atoms with E-state index < -0.39 is 0 Å². The molecule has 2 aromatic carbocycles. The number of halogens is 1. The van der Waals surface area contributed by atoms with Crippen LogP contribution >= 0.6 is 39.9 Å². The molecule has 0 aromatic heterocycles. The van der Waals surface area contributed by atoms with Gasteiger partial charge in [0.15, 0.2) is 0 Å². The molecular weight excluding hydrogens is 340 g/mol. The lowest BCUT2D eigenvalue weighted by Crippen LogP contribution is -2.10. The average molecular weight is 353 g/mol. The molecule has 2 rings (SSSR count). The van der Waals surface area contributed by atoms with Crippen LogP contribution in [0.2, 0.25) is 0 Å². The van der Waals surface area contributed by atoms with Gasteiger partial charge in [0.05, 0.1) is 0 Å². The van der Waals surface area contributed by atoms with E-state index in [9.17, 15) is 0 Å². The third kappa shape index (κ3) is 3.72. The molecule has 5 heteroatoms. The summed E-state index contributed by atoms with van der Waals surface area (Å²) in [7, 11) is 0. The number of thioether (sulfide) groups is 1. The minimum atomic E-state index is 0.391. The predicted octanol–water partition coefficient (Wildman–Crippen LogP) is 4.55. The van der Waals surface area contributed by atoms with E-state index in [2.05, 4.69) is 39.6 Å². The Labute approximate surface area is 130 Å². The van der Waals surface area contributed by atoms with Gasteiger partial charge in [0.2, 0.25) is 0 Å². The molecule has 2 nitrogen and oxygen atoms in total. The second kappa shape index (κ2) is 6.41. The standard InChI is InChI=1S/C14H13BrN2S2/c1-19-11-4-2-3-9(7-11)17-10-5-6-12(14(16)18)13(15)8-10/h2-8,17H,1H3,(H2,16,18). The Bertz CT molecular complexity index is 614. The van der Waals surface area contributed by atoms with Crippen LogP contribution in [0.5, 0.6) is 0 Å². The van der Waals surface area contributed by atoms with Crippen molar-refractivity contribution in [2.24, 2.45) is 5.73 Å². The molecular formula is C14H13BrN2S2. The lowest BCUT2D eigenvalue weighted by atomic mass is 10.2. The van der Waals surface area contributed by atoms with Crippen LogP contribution in [0.4, 0.5) is 11.4 Å². The fourth-order valence-electron chi connectivity index (χ4n) is 1.66. The molecule has 19 heavy (non-hydrogen) atoms. The van der Waals surface area contributed by atoms with Crippen molar-refractivity contribution in [2.45, 2.75) is 4.90 Å². The van der Waals surface area contributed by atoms with Gasteiger partial charge in [-0.3, -0.25) is 0 Å². The van der Waals surface area contributed by atoms with Gasteiger partial charge in [0, 0.05) is 26.3 Å². The number of anilines is 2. The van der Waals surface area contributed by atoms with Crippen molar-refractivity contribution in [3.05, 3.63) is 52.5 Å². The zero-order valence-electron chi connectivity index (χ0n) is 10.3. The van der Waals surface area contributed by atoms with Crippen LogP contribution < -0.4 is 11.1 Å². The van der Waals surface area contributed by atoms with Gasteiger partial charge in [-0.05, 0) is 58.6 Å². The molecule has 0 radical (unpaired) electrons. The summed E-state index contributed by atoms with van der Waals surface area (Å²) >= 11 is 10.2. The van der Waals surface area contributed by atoms with Gasteiger partial charge in [-0.25, -0.2) is 0 Å². The Kier molecular flexibility index (Phi) is 4.85. The van der Waals surface area contributed by atoms with E-state index in [0.29, 0.717) is 4.99 Å². The first-order chi connectivity index (χ1) is 9.10. The topological polar surface area (TPSA) is 38.0 Å². The highest BCUT2D eigenvalue weighted by molar-refractivity contribution is 9.10. The van der Waals surface area contributed by atoms with Gasteiger partial charge < -0.3 is 11.1 Å². The first kappa shape index (κ1) is 14.4. The Morgan fingerprint density at radius 2 is 1.95 bits per heavy atom. The highest BCUT2D eigenvalue weighted by Crippen LogP contribution is 2.26. The number of nitrogens with one attached hydrogen (secondary N) is 1. The van der Waals surface area contributed by atoms with Gasteiger partial charge in [-0.15, -0.1) is 11.8 Å². The first-order valence-electron chi connectivity index (χ1n) is 5.60. The lowest BCUT2D eigenvalue weighted by Gasteiger charge is -2.10. The van der Waals surface area contributed by atoms with Crippen molar-refractivity contribution in [1.82, 2.24) is 0 Å². The number of thiocarbonyl (C=S) groups is 1. The van der Waals surface area contributed by atoms with Crippen molar-refractivity contribution < 1.29 is 0 Å². The first-order valence-corrected chi connectivity index (χ1v) is 8.03. The van der Waals surface area contributed by atoms with Gasteiger partial charge in [-0.1, -0.05) is 18.3 Å². The second-order valence-electron chi connectivity index (χ2n) is 3.92. The molecule has 0 saturated heterocycles. The van der Waals surface area contributed by atoms with Crippen LogP contribution in [0.25, 0.3) is 0 Å². The van der Waals surface area contributed by atoms with Crippen LogP contribution in [-0.4, -0.2) is 11.2 Å². The average Bonchev–Trinajstić information content (AvgIpc) is 2.38. The maximum Gasteiger partial charge on any atom is 0.105 e. The molecule has 0 atom stereocenters. The maximum atomic E-state index is 5.63. The summed E-state index contributed by atoms with van der Waals surface area (Å²) < 4.78 is 0.894. The molecule has 0 bridgehead atoms. The molecule has 0 aliphatic heterocycles. The Hall–Kier alpha value is -1.04. The van der Waals surface area contributed by atoms with E-state index in [1.165, 1.54) is 4.90 Å². The van der Waals surface area contributed by atoms with E-state index in [1.54, 1.807) is 11.8 Å². The van der Waals surface area contributed by atoms with Crippen LogP contribution in [0.1, 0.15) is 5.56 Å². The minimum absolute atomic E-state index is 0.391. The summed E-state index contributed by atoms with van der Waals surface area (Å²) in [5, 5.41) is 3.36. The summed E-state index contributed by atoms with van der Waals surface area (Å²) in [5.74, 6) is 0. The van der Waals surface area contributed by atoms with Crippen LogP contribution in [0.15, 0.2) is 51.8 Å². The van der Waals surface area contributed by atoms with E-state index in [-0.39, 0.29) is 0 Å². The fraction of sp³-hybridized carbons (Fsp3) is 0.0714. The van der Waals surface area contributed by atoms with Gasteiger partial charge >= 0.3 is 0 Å². The third-order valence-corrected chi connectivity index (χ3v) is 4.19. The molecule has 0 fully saturated rings.